The second-order valence-electron chi connectivity index (χ2n) is 6.39. The Morgan fingerprint density at radius 3 is 2.79 bits per heavy atom. The Bertz CT molecular complexity index is 702. The van der Waals surface area contributed by atoms with Gasteiger partial charge in [0, 0.05) is 25.0 Å². The number of nitrogens with zero attached hydrogens (tertiary/aromatic N) is 3. The molecular weight excluding hydrogens is 317 g/mol. The number of para-hydroxylation sites is 1. The molecular formula is C17H21F3N4. The van der Waals surface area contributed by atoms with Gasteiger partial charge in [-0.1, -0.05) is 19.1 Å². The molecule has 1 atom stereocenters. The van der Waals surface area contributed by atoms with Crippen LogP contribution in [-0.2, 0) is 6.18 Å². The van der Waals surface area contributed by atoms with Crippen LogP contribution in [0.2, 0.25) is 0 Å². The maximum Gasteiger partial charge on any atom is 0.451 e. The molecule has 1 aromatic carbocycles. The molecule has 1 aliphatic rings. The van der Waals surface area contributed by atoms with Crippen LogP contribution in [0.15, 0.2) is 24.3 Å². The van der Waals surface area contributed by atoms with Gasteiger partial charge in [0.2, 0.25) is 5.82 Å². The summed E-state index contributed by atoms with van der Waals surface area (Å²) in [5, 5.41) is 3.68. The summed E-state index contributed by atoms with van der Waals surface area (Å²) in [6.07, 6.45) is -2.13. The van der Waals surface area contributed by atoms with Gasteiger partial charge >= 0.3 is 6.18 Å². The van der Waals surface area contributed by atoms with Crippen LogP contribution in [0.4, 0.5) is 19.0 Å². The molecule has 2 heterocycles. The molecule has 2 aromatic rings. The quantitative estimate of drug-likeness (QED) is 0.921. The molecule has 0 radical (unpaired) electrons. The van der Waals surface area contributed by atoms with E-state index in [1.807, 2.05) is 0 Å². The van der Waals surface area contributed by atoms with Crippen molar-refractivity contribution in [2.75, 3.05) is 31.5 Å². The van der Waals surface area contributed by atoms with Crippen LogP contribution in [0, 0.1) is 5.92 Å². The lowest BCUT2D eigenvalue weighted by molar-refractivity contribution is -0.144. The fourth-order valence-corrected chi connectivity index (χ4v) is 3.16. The fourth-order valence-electron chi connectivity index (χ4n) is 3.16. The van der Waals surface area contributed by atoms with E-state index in [1.165, 1.54) is 12.8 Å². The average Bonchev–Trinajstić information content (AvgIpc) is 2.54. The minimum Gasteiger partial charge on any atom is -0.368 e. The molecule has 1 fully saturated rings. The van der Waals surface area contributed by atoms with Crippen LogP contribution in [-0.4, -0.2) is 41.0 Å². The molecule has 7 heteroatoms. The summed E-state index contributed by atoms with van der Waals surface area (Å²) < 4.78 is 39.0. The lowest BCUT2D eigenvalue weighted by atomic mass is 10.0. The van der Waals surface area contributed by atoms with E-state index in [9.17, 15) is 13.2 Å². The van der Waals surface area contributed by atoms with Crippen molar-refractivity contribution >= 4 is 16.7 Å². The maximum atomic E-state index is 13.0. The second-order valence-corrected chi connectivity index (χ2v) is 6.39. The first-order valence-electron chi connectivity index (χ1n) is 8.23. The van der Waals surface area contributed by atoms with Gasteiger partial charge in [0.25, 0.3) is 0 Å². The number of hydrogen-bond donors (Lipinski definition) is 1. The molecule has 3 rings (SSSR count). The van der Waals surface area contributed by atoms with Crippen molar-refractivity contribution in [2.24, 2.45) is 5.92 Å². The van der Waals surface area contributed by atoms with Gasteiger partial charge in [0.05, 0.1) is 5.52 Å². The summed E-state index contributed by atoms with van der Waals surface area (Å²) in [7, 11) is 0. The molecule has 1 N–H and O–H groups in total. The van der Waals surface area contributed by atoms with Crippen molar-refractivity contribution in [2.45, 2.75) is 25.9 Å². The Hall–Kier alpha value is -1.89. The van der Waals surface area contributed by atoms with Gasteiger partial charge in [-0.25, -0.2) is 9.97 Å². The maximum absolute atomic E-state index is 13.0. The van der Waals surface area contributed by atoms with Crippen LogP contribution >= 0.6 is 0 Å². The Labute approximate surface area is 139 Å². The number of anilines is 1. The number of benzene rings is 1. The standard InChI is InChI=1S/C17H21F3N4/c1-12-5-4-9-24(11-12)10-8-21-15-13-6-2-3-7-14(13)22-16(23-15)17(18,19)20/h2-3,6-7,12H,4-5,8-11H2,1H3,(H,21,22,23). The van der Waals surface area contributed by atoms with Crippen molar-refractivity contribution < 1.29 is 13.2 Å². The third-order valence-corrected chi connectivity index (χ3v) is 4.32. The molecule has 0 amide bonds. The zero-order valence-electron chi connectivity index (χ0n) is 13.6. The molecule has 0 spiro atoms. The van der Waals surface area contributed by atoms with Crippen molar-refractivity contribution in [3.05, 3.63) is 30.1 Å². The number of aromatic nitrogens is 2. The molecule has 1 saturated heterocycles. The van der Waals surface area contributed by atoms with E-state index in [0.717, 1.165) is 19.6 Å². The van der Waals surface area contributed by atoms with Gasteiger partial charge in [-0.2, -0.15) is 13.2 Å². The number of fused-ring (bicyclic) bond motifs is 1. The smallest absolute Gasteiger partial charge is 0.368 e. The zero-order valence-corrected chi connectivity index (χ0v) is 13.6. The number of alkyl halides is 3. The summed E-state index contributed by atoms with van der Waals surface area (Å²) in [5.74, 6) is -0.177. The number of rotatable bonds is 4. The van der Waals surface area contributed by atoms with Crippen molar-refractivity contribution in [3.63, 3.8) is 0 Å². The number of hydrogen-bond acceptors (Lipinski definition) is 4. The molecule has 24 heavy (non-hydrogen) atoms. The van der Waals surface area contributed by atoms with E-state index in [-0.39, 0.29) is 5.82 Å². The van der Waals surface area contributed by atoms with Gasteiger partial charge in [0.1, 0.15) is 5.82 Å². The van der Waals surface area contributed by atoms with Gasteiger partial charge in [-0.05, 0) is 37.4 Å². The highest BCUT2D eigenvalue weighted by Crippen LogP contribution is 2.30. The van der Waals surface area contributed by atoms with Gasteiger partial charge in [0.15, 0.2) is 0 Å². The zero-order chi connectivity index (χ0) is 17.2. The third kappa shape index (κ3) is 3.95. The first kappa shape index (κ1) is 17.0. The summed E-state index contributed by atoms with van der Waals surface area (Å²) in [6.45, 7) is 5.67. The third-order valence-electron chi connectivity index (χ3n) is 4.32. The van der Waals surface area contributed by atoms with E-state index in [4.69, 9.17) is 0 Å². The predicted molar refractivity (Wildman–Crippen MR) is 87.9 cm³/mol. The van der Waals surface area contributed by atoms with Gasteiger partial charge in [-0.3, -0.25) is 0 Å². The molecule has 130 valence electrons. The van der Waals surface area contributed by atoms with Crippen LogP contribution in [0.25, 0.3) is 10.9 Å². The topological polar surface area (TPSA) is 41.0 Å². The lowest BCUT2D eigenvalue weighted by Gasteiger charge is -2.30. The summed E-state index contributed by atoms with van der Waals surface area (Å²) in [4.78, 5) is 9.67. The molecule has 0 saturated carbocycles. The fraction of sp³-hybridized carbons (Fsp3) is 0.529. The van der Waals surface area contributed by atoms with E-state index < -0.39 is 12.0 Å². The molecule has 4 nitrogen and oxygen atoms in total. The molecule has 0 aliphatic carbocycles. The molecule has 1 unspecified atom stereocenters. The second kappa shape index (κ2) is 6.93. The molecule has 1 aliphatic heterocycles. The van der Waals surface area contributed by atoms with Gasteiger partial charge < -0.3 is 10.2 Å². The summed E-state index contributed by atoms with van der Waals surface area (Å²) in [6, 6.07) is 6.76. The highest BCUT2D eigenvalue weighted by Gasteiger charge is 2.35. The van der Waals surface area contributed by atoms with E-state index in [1.54, 1.807) is 24.3 Å². The molecule has 1 aromatic heterocycles. The van der Waals surface area contributed by atoms with Crippen LogP contribution in [0.1, 0.15) is 25.6 Å². The first-order valence-corrected chi connectivity index (χ1v) is 8.23. The molecule has 0 bridgehead atoms. The minimum absolute atomic E-state index is 0.248. The van der Waals surface area contributed by atoms with Crippen molar-refractivity contribution in [3.8, 4) is 0 Å². The van der Waals surface area contributed by atoms with E-state index in [2.05, 4.69) is 27.1 Å². The number of halogens is 3. The lowest BCUT2D eigenvalue weighted by Crippen LogP contribution is -2.37. The number of piperidine rings is 1. The predicted octanol–water partition coefficient (Wildman–Crippen LogP) is 3.79. The monoisotopic (exact) mass is 338 g/mol. The van der Waals surface area contributed by atoms with Crippen LogP contribution in [0.3, 0.4) is 0 Å². The summed E-state index contributed by atoms with van der Waals surface area (Å²) >= 11 is 0. The minimum atomic E-state index is -4.55. The Morgan fingerprint density at radius 1 is 1.25 bits per heavy atom. The Morgan fingerprint density at radius 2 is 2.04 bits per heavy atom. The normalized spacial score (nSPS) is 19.6. The van der Waals surface area contributed by atoms with E-state index >= 15 is 0 Å². The Kier molecular flexibility index (Phi) is 4.89. The first-order chi connectivity index (χ1) is 11.4. The van der Waals surface area contributed by atoms with E-state index in [0.29, 0.717) is 23.4 Å². The SMILES string of the molecule is CC1CCCN(CCNc2nc(C(F)(F)F)nc3ccccc23)C1. The highest BCUT2D eigenvalue weighted by atomic mass is 19.4. The largest absolute Gasteiger partial charge is 0.451 e. The average molecular weight is 338 g/mol. The van der Waals surface area contributed by atoms with Gasteiger partial charge in [-0.15, -0.1) is 0 Å². The van der Waals surface area contributed by atoms with Crippen LogP contribution < -0.4 is 5.32 Å². The summed E-state index contributed by atoms with van der Waals surface area (Å²) in [5.41, 5.74) is 0.300. The number of nitrogens with one attached hydrogen (secondary N) is 1. The van der Waals surface area contributed by atoms with Crippen molar-refractivity contribution in [1.82, 2.24) is 14.9 Å². The highest BCUT2D eigenvalue weighted by molar-refractivity contribution is 5.89. The van der Waals surface area contributed by atoms with Crippen LogP contribution in [0.5, 0.6) is 0 Å². The number of likely N-dealkylation sites (tertiary alicyclic amines) is 1. The van der Waals surface area contributed by atoms with Crippen molar-refractivity contribution in [1.29, 1.82) is 0 Å². The Balaban J connectivity index is 1.75.